The predicted molar refractivity (Wildman–Crippen MR) is 61.6 cm³/mol. The van der Waals surface area contributed by atoms with Crippen molar-refractivity contribution in [1.29, 1.82) is 0 Å². The van der Waals surface area contributed by atoms with Gasteiger partial charge in [-0.3, -0.25) is 0 Å². The number of hydrogen-bond donors (Lipinski definition) is 2. The van der Waals surface area contributed by atoms with Crippen molar-refractivity contribution in [2.24, 2.45) is 11.1 Å². The van der Waals surface area contributed by atoms with Crippen LogP contribution in [0, 0.1) is 5.41 Å². The van der Waals surface area contributed by atoms with Gasteiger partial charge in [0.05, 0.1) is 0 Å². The zero-order chi connectivity index (χ0) is 11.1. The summed E-state index contributed by atoms with van der Waals surface area (Å²) in [5.74, 6) is 0.307. The number of phenols is 1. The number of nitrogens with two attached hydrogens (primary N) is 1. The SMILES string of the molecule is CC1(C)CCC(N)(c2cccc(O)c2)C1. The smallest absolute Gasteiger partial charge is 0.115 e. The van der Waals surface area contributed by atoms with E-state index >= 15 is 0 Å². The molecular formula is C13H19NO. The Balaban J connectivity index is 2.31. The first-order valence-electron chi connectivity index (χ1n) is 5.50. The van der Waals surface area contributed by atoms with Crippen LogP contribution >= 0.6 is 0 Å². The zero-order valence-corrected chi connectivity index (χ0v) is 9.46. The molecule has 2 heteroatoms. The molecule has 0 radical (unpaired) electrons. The summed E-state index contributed by atoms with van der Waals surface area (Å²) in [5, 5.41) is 9.46. The van der Waals surface area contributed by atoms with Gasteiger partial charge < -0.3 is 10.8 Å². The van der Waals surface area contributed by atoms with E-state index in [-0.39, 0.29) is 5.54 Å². The van der Waals surface area contributed by atoms with Crippen molar-refractivity contribution in [2.75, 3.05) is 0 Å². The second kappa shape index (κ2) is 3.24. The molecule has 2 nitrogen and oxygen atoms in total. The molecule has 0 bridgehead atoms. The van der Waals surface area contributed by atoms with Crippen molar-refractivity contribution in [3.05, 3.63) is 29.8 Å². The van der Waals surface area contributed by atoms with Crippen LogP contribution < -0.4 is 5.73 Å². The minimum atomic E-state index is -0.248. The molecule has 0 heterocycles. The van der Waals surface area contributed by atoms with Crippen molar-refractivity contribution in [1.82, 2.24) is 0 Å². The van der Waals surface area contributed by atoms with Gasteiger partial charge in [0.2, 0.25) is 0 Å². The monoisotopic (exact) mass is 205 g/mol. The Kier molecular flexibility index (Phi) is 2.27. The second-order valence-corrected chi connectivity index (χ2v) is 5.55. The highest BCUT2D eigenvalue weighted by atomic mass is 16.3. The minimum absolute atomic E-state index is 0.248. The van der Waals surface area contributed by atoms with Crippen molar-refractivity contribution >= 4 is 0 Å². The van der Waals surface area contributed by atoms with Crippen LogP contribution in [0.4, 0.5) is 0 Å². The van der Waals surface area contributed by atoms with Gasteiger partial charge in [-0.15, -0.1) is 0 Å². The quantitative estimate of drug-likeness (QED) is 0.740. The molecule has 0 aliphatic heterocycles. The first-order chi connectivity index (χ1) is 6.91. The number of hydrogen-bond acceptors (Lipinski definition) is 2. The maximum Gasteiger partial charge on any atom is 0.115 e. The van der Waals surface area contributed by atoms with E-state index in [1.54, 1.807) is 12.1 Å². The molecule has 1 unspecified atom stereocenters. The molecule has 2 rings (SSSR count). The Morgan fingerprint density at radius 3 is 2.53 bits per heavy atom. The normalized spacial score (nSPS) is 29.3. The zero-order valence-electron chi connectivity index (χ0n) is 9.46. The molecule has 1 saturated carbocycles. The van der Waals surface area contributed by atoms with Gasteiger partial charge in [0.1, 0.15) is 5.75 Å². The fourth-order valence-corrected chi connectivity index (χ4v) is 2.65. The van der Waals surface area contributed by atoms with E-state index in [9.17, 15) is 5.11 Å². The fourth-order valence-electron chi connectivity index (χ4n) is 2.65. The average molecular weight is 205 g/mol. The number of aromatic hydroxyl groups is 1. The van der Waals surface area contributed by atoms with Crippen LogP contribution in [-0.4, -0.2) is 5.11 Å². The van der Waals surface area contributed by atoms with E-state index in [0.29, 0.717) is 11.2 Å². The van der Waals surface area contributed by atoms with Crippen molar-refractivity contribution < 1.29 is 5.11 Å². The molecule has 0 saturated heterocycles. The van der Waals surface area contributed by atoms with E-state index in [0.717, 1.165) is 24.8 Å². The maximum atomic E-state index is 9.46. The van der Waals surface area contributed by atoms with Crippen molar-refractivity contribution in [2.45, 2.75) is 38.6 Å². The molecule has 0 aromatic heterocycles. The van der Waals surface area contributed by atoms with Crippen LogP contribution in [0.2, 0.25) is 0 Å². The summed E-state index contributed by atoms with van der Waals surface area (Å²) in [4.78, 5) is 0. The van der Waals surface area contributed by atoms with Crippen molar-refractivity contribution in [3.8, 4) is 5.75 Å². The summed E-state index contributed by atoms with van der Waals surface area (Å²) in [6.07, 6.45) is 3.14. The van der Waals surface area contributed by atoms with Crippen LogP contribution in [0.3, 0.4) is 0 Å². The highest BCUT2D eigenvalue weighted by Crippen LogP contribution is 2.47. The highest BCUT2D eigenvalue weighted by molar-refractivity contribution is 5.33. The number of rotatable bonds is 1. The summed E-state index contributed by atoms with van der Waals surface area (Å²) in [6.45, 7) is 4.51. The van der Waals surface area contributed by atoms with Gasteiger partial charge in [-0.1, -0.05) is 26.0 Å². The maximum absolute atomic E-state index is 9.46. The van der Waals surface area contributed by atoms with E-state index in [2.05, 4.69) is 13.8 Å². The van der Waals surface area contributed by atoms with Gasteiger partial charge >= 0.3 is 0 Å². The van der Waals surface area contributed by atoms with Crippen LogP contribution in [0.15, 0.2) is 24.3 Å². The van der Waals surface area contributed by atoms with Gasteiger partial charge in [-0.25, -0.2) is 0 Å². The molecule has 3 N–H and O–H groups in total. The molecule has 82 valence electrons. The van der Waals surface area contributed by atoms with Crippen LogP contribution in [0.1, 0.15) is 38.7 Å². The first-order valence-corrected chi connectivity index (χ1v) is 5.50. The standard InChI is InChI=1S/C13H19NO/c1-12(2)6-7-13(14,9-12)10-4-3-5-11(15)8-10/h3-5,8,15H,6-7,9,14H2,1-2H3. The third-order valence-corrected chi connectivity index (χ3v) is 3.46. The third-order valence-electron chi connectivity index (χ3n) is 3.46. The Morgan fingerprint density at radius 1 is 1.27 bits per heavy atom. The summed E-state index contributed by atoms with van der Waals surface area (Å²) < 4.78 is 0. The molecule has 1 aliphatic rings. The topological polar surface area (TPSA) is 46.2 Å². The van der Waals surface area contributed by atoms with Crippen LogP contribution in [-0.2, 0) is 5.54 Å². The predicted octanol–water partition coefficient (Wildman–Crippen LogP) is 2.76. The lowest BCUT2D eigenvalue weighted by Crippen LogP contribution is -2.34. The number of phenolic OH excluding ortho intramolecular Hbond substituents is 1. The first kappa shape index (κ1) is 10.5. The lowest BCUT2D eigenvalue weighted by atomic mass is 9.84. The van der Waals surface area contributed by atoms with Crippen LogP contribution in [0.5, 0.6) is 5.75 Å². The molecule has 15 heavy (non-hydrogen) atoms. The van der Waals surface area contributed by atoms with Gasteiger partial charge in [-0.05, 0) is 42.4 Å². The molecule has 0 amide bonds. The third kappa shape index (κ3) is 2.00. The molecule has 0 spiro atoms. The lowest BCUT2D eigenvalue weighted by Gasteiger charge is -2.27. The summed E-state index contributed by atoms with van der Waals surface area (Å²) in [7, 11) is 0. The Morgan fingerprint density at radius 2 is 2.00 bits per heavy atom. The summed E-state index contributed by atoms with van der Waals surface area (Å²) in [6, 6.07) is 7.36. The van der Waals surface area contributed by atoms with E-state index in [1.165, 1.54) is 0 Å². The Bertz CT molecular complexity index is 373. The van der Waals surface area contributed by atoms with Gasteiger partial charge in [0, 0.05) is 5.54 Å². The minimum Gasteiger partial charge on any atom is -0.508 e. The Labute approximate surface area is 91.1 Å². The largest absolute Gasteiger partial charge is 0.508 e. The van der Waals surface area contributed by atoms with E-state index < -0.39 is 0 Å². The van der Waals surface area contributed by atoms with Crippen molar-refractivity contribution in [3.63, 3.8) is 0 Å². The average Bonchev–Trinajstić information content (AvgIpc) is 2.42. The van der Waals surface area contributed by atoms with Gasteiger partial charge in [0.15, 0.2) is 0 Å². The van der Waals surface area contributed by atoms with Gasteiger partial charge in [-0.2, -0.15) is 0 Å². The molecule has 1 aromatic carbocycles. The fraction of sp³-hybridized carbons (Fsp3) is 0.538. The summed E-state index contributed by atoms with van der Waals surface area (Å²) in [5.41, 5.74) is 7.55. The summed E-state index contributed by atoms with van der Waals surface area (Å²) >= 11 is 0. The lowest BCUT2D eigenvalue weighted by molar-refractivity contribution is 0.339. The molecule has 1 atom stereocenters. The van der Waals surface area contributed by atoms with E-state index in [1.807, 2.05) is 12.1 Å². The highest BCUT2D eigenvalue weighted by Gasteiger charge is 2.41. The second-order valence-electron chi connectivity index (χ2n) is 5.55. The Hall–Kier alpha value is -1.02. The molecular weight excluding hydrogens is 186 g/mol. The van der Waals surface area contributed by atoms with E-state index in [4.69, 9.17) is 5.73 Å². The van der Waals surface area contributed by atoms with Crippen LogP contribution in [0.25, 0.3) is 0 Å². The molecule has 1 fully saturated rings. The molecule has 1 aliphatic carbocycles. The molecule has 1 aromatic rings. The van der Waals surface area contributed by atoms with Gasteiger partial charge in [0.25, 0.3) is 0 Å². The number of benzene rings is 1.